The third kappa shape index (κ3) is 3.21. The van der Waals surface area contributed by atoms with Gasteiger partial charge < -0.3 is 16.4 Å². The lowest BCUT2D eigenvalue weighted by Gasteiger charge is -2.23. The lowest BCUT2D eigenvalue weighted by Crippen LogP contribution is -2.31. The van der Waals surface area contributed by atoms with E-state index in [1.807, 2.05) is 48.8 Å². The summed E-state index contributed by atoms with van der Waals surface area (Å²) in [6, 6.07) is 13.7. The predicted octanol–water partition coefficient (Wildman–Crippen LogP) is 3.17. The van der Waals surface area contributed by atoms with E-state index in [0.717, 1.165) is 16.4 Å². The van der Waals surface area contributed by atoms with Crippen molar-refractivity contribution in [2.45, 2.75) is 11.8 Å². The van der Waals surface area contributed by atoms with Gasteiger partial charge in [-0.15, -0.1) is 11.3 Å². The second-order valence-electron chi connectivity index (χ2n) is 6.30. The van der Waals surface area contributed by atoms with Crippen molar-refractivity contribution in [1.82, 2.24) is 5.32 Å². The van der Waals surface area contributed by atoms with Crippen LogP contribution in [-0.4, -0.2) is 18.3 Å². The topological polar surface area (TPSA) is 79.5 Å². The van der Waals surface area contributed by atoms with Gasteiger partial charge in [-0.05, 0) is 23.9 Å². The van der Waals surface area contributed by atoms with E-state index in [0.29, 0.717) is 0 Å². The third-order valence-electron chi connectivity index (χ3n) is 4.70. The molecule has 3 atom stereocenters. The van der Waals surface area contributed by atoms with Crippen LogP contribution in [0.15, 0.2) is 72.0 Å². The molecule has 5 nitrogen and oxygen atoms in total. The number of hydrogen-bond acceptors (Lipinski definition) is 5. The SMILES string of the molecule is NCC(C(=O)Nc1ccc(C2C=CNC3=NC=CC32)s1)c1ccccc1. The summed E-state index contributed by atoms with van der Waals surface area (Å²) in [5.41, 5.74) is 6.78. The molecule has 0 saturated carbocycles. The number of fused-ring (bicyclic) bond motifs is 1. The van der Waals surface area contributed by atoms with Crippen molar-refractivity contribution in [2.75, 3.05) is 11.9 Å². The summed E-state index contributed by atoms with van der Waals surface area (Å²) in [5.74, 6) is 1.03. The van der Waals surface area contributed by atoms with Crippen LogP contribution in [0.3, 0.4) is 0 Å². The first kappa shape index (κ1) is 16.8. The number of benzene rings is 1. The Hall–Kier alpha value is -2.70. The molecule has 2 aromatic rings. The molecule has 6 heteroatoms. The number of carbonyl (C=O) groups excluding carboxylic acids is 1. The molecule has 0 bridgehead atoms. The standard InChI is InChI=1S/C20H20N4OS/c21-12-16(13-4-2-1-3-5-13)20(25)24-18-7-6-17(26-18)14-8-10-22-19-15(14)9-11-23-19/h1-11,14-16H,12,21H2,(H,22,23)(H,24,25). The van der Waals surface area contributed by atoms with E-state index in [1.165, 1.54) is 4.88 Å². The highest BCUT2D eigenvalue weighted by Crippen LogP contribution is 2.38. The Bertz CT molecular complexity index is 884. The van der Waals surface area contributed by atoms with Crippen molar-refractivity contribution in [2.24, 2.45) is 16.6 Å². The van der Waals surface area contributed by atoms with Crippen molar-refractivity contribution in [3.8, 4) is 0 Å². The molecule has 1 aromatic carbocycles. The normalized spacial score (nSPS) is 21.7. The maximum Gasteiger partial charge on any atom is 0.233 e. The Kier molecular flexibility index (Phi) is 4.69. The summed E-state index contributed by atoms with van der Waals surface area (Å²) in [4.78, 5) is 18.2. The first-order valence-electron chi connectivity index (χ1n) is 8.59. The van der Waals surface area contributed by atoms with E-state index in [9.17, 15) is 4.79 Å². The van der Waals surface area contributed by atoms with Crippen LogP contribution in [0.25, 0.3) is 0 Å². The summed E-state index contributed by atoms with van der Waals surface area (Å²) >= 11 is 1.60. The van der Waals surface area contributed by atoms with Crippen molar-refractivity contribution >= 4 is 28.1 Å². The van der Waals surface area contributed by atoms with Gasteiger partial charge >= 0.3 is 0 Å². The van der Waals surface area contributed by atoms with Gasteiger partial charge in [0.25, 0.3) is 0 Å². The van der Waals surface area contributed by atoms with Gasteiger partial charge in [0.2, 0.25) is 5.91 Å². The molecule has 0 fully saturated rings. The maximum absolute atomic E-state index is 12.7. The molecular formula is C20H20N4OS. The summed E-state index contributed by atoms with van der Waals surface area (Å²) in [6.07, 6.45) is 8.03. The van der Waals surface area contributed by atoms with E-state index in [-0.39, 0.29) is 30.2 Å². The van der Waals surface area contributed by atoms with Crippen molar-refractivity contribution in [3.05, 3.63) is 77.5 Å². The zero-order valence-electron chi connectivity index (χ0n) is 14.1. The zero-order valence-corrected chi connectivity index (χ0v) is 14.9. The maximum atomic E-state index is 12.7. The van der Waals surface area contributed by atoms with Gasteiger partial charge in [0, 0.05) is 29.5 Å². The highest BCUT2D eigenvalue weighted by Gasteiger charge is 2.30. The van der Waals surface area contributed by atoms with E-state index in [2.05, 4.69) is 33.8 Å². The molecule has 132 valence electrons. The predicted molar refractivity (Wildman–Crippen MR) is 106 cm³/mol. The molecule has 4 rings (SSSR count). The van der Waals surface area contributed by atoms with Crippen LogP contribution >= 0.6 is 11.3 Å². The summed E-state index contributed by atoms with van der Waals surface area (Å²) in [6.45, 7) is 0.276. The Morgan fingerprint density at radius 1 is 1.19 bits per heavy atom. The lowest BCUT2D eigenvalue weighted by molar-refractivity contribution is -0.117. The second kappa shape index (κ2) is 7.27. The Balaban J connectivity index is 1.49. The number of allylic oxidation sites excluding steroid dienone is 1. The smallest absolute Gasteiger partial charge is 0.233 e. The second-order valence-corrected chi connectivity index (χ2v) is 7.42. The van der Waals surface area contributed by atoms with Gasteiger partial charge in [0.1, 0.15) is 5.84 Å². The number of thiophene rings is 1. The van der Waals surface area contributed by atoms with Crippen LogP contribution in [0.4, 0.5) is 5.00 Å². The zero-order chi connectivity index (χ0) is 17.9. The molecule has 0 saturated heterocycles. The Labute approximate surface area is 156 Å². The van der Waals surface area contributed by atoms with Gasteiger partial charge in [-0.25, -0.2) is 4.99 Å². The Morgan fingerprint density at radius 2 is 2.04 bits per heavy atom. The number of nitrogens with zero attached hydrogens (tertiary/aromatic N) is 1. The van der Waals surface area contributed by atoms with Crippen LogP contribution in [-0.2, 0) is 4.79 Å². The number of hydrogen-bond donors (Lipinski definition) is 3. The average Bonchev–Trinajstić information content (AvgIpc) is 3.32. The minimum atomic E-state index is -0.350. The van der Waals surface area contributed by atoms with E-state index >= 15 is 0 Å². The number of nitrogens with one attached hydrogen (secondary N) is 2. The number of amidine groups is 1. The highest BCUT2D eigenvalue weighted by atomic mass is 32.1. The summed E-state index contributed by atoms with van der Waals surface area (Å²) in [7, 11) is 0. The molecule has 1 aromatic heterocycles. The Morgan fingerprint density at radius 3 is 2.85 bits per heavy atom. The van der Waals surface area contributed by atoms with E-state index < -0.39 is 0 Å². The molecule has 3 heterocycles. The molecule has 1 amide bonds. The van der Waals surface area contributed by atoms with Gasteiger partial charge in [0.05, 0.1) is 10.9 Å². The number of nitrogens with two attached hydrogens (primary N) is 1. The molecule has 4 N–H and O–H groups in total. The van der Waals surface area contributed by atoms with Crippen molar-refractivity contribution in [1.29, 1.82) is 0 Å². The third-order valence-corrected chi connectivity index (χ3v) is 5.80. The first-order valence-corrected chi connectivity index (χ1v) is 9.41. The lowest BCUT2D eigenvalue weighted by atomic mass is 9.88. The van der Waals surface area contributed by atoms with Gasteiger partial charge in [0.15, 0.2) is 0 Å². The summed E-state index contributed by atoms with van der Waals surface area (Å²) in [5, 5.41) is 7.05. The van der Waals surface area contributed by atoms with Crippen LogP contribution in [0.1, 0.15) is 22.3 Å². The molecule has 2 aliphatic heterocycles. The minimum Gasteiger partial charge on any atom is -0.350 e. The molecule has 0 aliphatic carbocycles. The first-order chi connectivity index (χ1) is 12.8. The molecule has 0 radical (unpaired) electrons. The number of rotatable bonds is 5. The monoisotopic (exact) mass is 364 g/mol. The van der Waals surface area contributed by atoms with Crippen molar-refractivity contribution < 1.29 is 4.79 Å². The number of amides is 1. The molecule has 26 heavy (non-hydrogen) atoms. The fraction of sp³-hybridized carbons (Fsp3) is 0.200. The van der Waals surface area contributed by atoms with E-state index in [1.54, 1.807) is 11.3 Å². The minimum absolute atomic E-state index is 0.0732. The quantitative estimate of drug-likeness (QED) is 0.762. The average molecular weight is 364 g/mol. The highest BCUT2D eigenvalue weighted by molar-refractivity contribution is 7.16. The van der Waals surface area contributed by atoms with Gasteiger partial charge in [-0.2, -0.15) is 0 Å². The van der Waals surface area contributed by atoms with Gasteiger partial charge in [-0.3, -0.25) is 4.79 Å². The number of anilines is 1. The number of carbonyl (C=O) groups is 1. The number of aliphatic imine (C=N–C) groups is 1. The fourth-order valence-electron chi connectivity index (χ4n) is 3.33. The largest absolute Gasteiger partial charge is 0.350 e. The van der Waals surface area contributed by atoms with Crippen molar-refractivity contribution in [3.63, 3.8) is 0 Å². The van der Waals surface area contributed by atoms with E-state index in [4.69, 9.17) is 5.73 Å². The van der Waals surface area contributed by atoms with Crippen LogP contribution in [0.2, 0.25) is 0 Å². The molecule has 0 spiro atoms. The van der Waals surface area contributed by atoms with Crippen LogP contribution in [0.5, 0.6) is 0 Å². The molecule has 3 unspecified atom stereocenters. The summed E-state index contributed by atoms with van der Waals surface area (Å²) < 4.78 is 0. The van der Waals surface area contributed by atoms with Gasteiger partial charge in [-0.1, -0.05) is 42.5 Å². The molecular weight excluding hydrogens is 344 g/mol. The van der Waals surface area contributed by atoms with Crippen LogP contribution in [0, 0.1) is 5.92 Å². The molecule has 2 aliphatic rings. The van der Waals surface area contributed by atoms with Crippen LogP contribution < -0.4 is 16.4 Å². The fourth-order valence-corrected chi connectivity index (χ4v) is 4.37.